The summed E-state index contributed by atoms with van der Waals surface area (Å²) in [6.45, 7) is 2.33. The number of rotatable bonds is 5. The van der Waals surface area contributed by atoms with E-state index in [-0.39, 0.29) is 0 Å². The van der Waals surface area contributed by atoms with Gasteiger partial charge in [-0.3, -0.25) is 9.78 Å². The van der Waals surface area contributed by atoms with Crippen LogP contribution in [0.2, 0.25) is 0 Å². The van der Waals surface area contributed by atoms with Crippen molar-refractivity contribution in [1.29, 1.82) is 0 Å². The minimum absolute atomic E-state index is 0.354. The molecule has 1 aromatic heterocycles. The number of pyridine rings is 1. The zero-order chi connectivity index (χ0) is 20.5. The summed E-state index contributed by atoms with van der Waals surface area (Å²) in [6, 6.07) is 9.73. The lowest BCUT2D eigenvalue weighted by molar-refractivity contribution is -0.159. The third-order valence-corrected chi connectivity index (χ3v) is 4.87. The number of nitrogens with two attached hydrogens (primary N) is 1. The Labute approximate surface area is 161 Å². The third kappa shape index (κ3) is 3.74. The molecule has 2 aromatic rings. The topological polar surface area (TPSA) is 68.5 Å². The smallest absolute Gasteiger partial charge is 0.315 e. The quantitative estimate of drug-likeness (QED) is 0.845. The highest BCUT2D eigenvalue weighted by Crippen LogP contribution is 2.42. The summed E-state index contributed by atoms with van der Waals surface area (Å²) in [5, 5.41) is 0. The molecule has 1 saturated heterocycles. The van der Waals surface area contributed by atoms with Crippen LogP contribution in [0.5, 0.6) is 0 Å². The highest BCUT2D eigenvalue weighted by Gasteiger charge is 2.52. The van der Waals surface area contributed by atoms with E-state index in [9.17, 15) is 18.0 Å². The van der Waals surface area contributed by atoms with Gasteiger partial charge in [0.1, 0.15) is 18.5 Å². The van der Waals surface area contributed by atoms with Crippen molar-refractivity contribution in [2.45, 2.75) is 44.7 Å². The van der Waals surface area contributed by atoms with E-state index in [2.05, 4.69) is 4.98 Å². The Hall–Kier alpha value is -2.45. The van der Waals surface area contributed by atoms with Crippen LogP contribution in [-0.2, 0) is 16.1 Å². The van der Waals surface area contributed by atoms with Gasteiger partial charge in [0.25, 0.3) is 5.91 Å². The highest BCUT2D eigenvalue weighted by molar-refractivity contribution is 5.80. The van der Waals surface area contributed by atoms with Crippen molar-refractivity contribution in [3.63, 3.8) is 0 Å². The van der Waals surface area contributed by atoms with Crippen molar-refractivity contribution in [1.82, 2.24) is 9.88 Å². The molecule has 1 unspecified atom stereocenters. The number of nitrogens with zero attached hydrogens (tertiary/aromatic N) is 2. The molecular weight excluding hydrogens is 371 g/mol. The van der Waals surface area contributed by atoms with Crippen LogP contribution in [0.1, 0.15) is 31.2 Å². The summed E-state index contributed by atoms with van der Waals surface area (Å²) in [5.41, 5.74) is 7.36. The molecule has 2 heterocycles. The SMILES string of the molecule is CC1(C)O[C@H](c2ccc(-c3ccc(CN)nc3)cc2)C(CF)N1C(=O)C(F)F. The van der Waals surface area contributed by atoms with Crippen molar-refractivity contribution in [2.75, 3.05) is 6.67 Å². The molecule has 0 spiro atoms. The van der Waals surface area contributed by atoms with Gasteiger partial charge < -0.3 is 15.4 Å². The van der Waals surface area contributed by atoms with E-state index in [4.69, 9.17) is 10.5 Å². The first-order valence-corrected chi connectivity index (χ1v) is 8.89. The van der Waals surface area contributed by atoms with Crippen molar-refractivity contribution in [3.05, 3.63) is 53.9 Å². The number of carbonyl (C=O) groups excluding carboxylic acids is 1. The van der Waals surface area contributed by atoms with Gasteiger partial charge in [0.05, 0.1) is 11.7 Å². The van der Waals surface area contributed by atoms with Gasteiger partial charge in [-0.2, -0.15) is 8.78 Å². The predicted octanol–water partition coefficient (Wildman–Crippen LogP) is 3.45. The zero-order valence-corrected chi connectivity index (χ0v) is 15.6. The molecule has 2 atom stereocenters. The van der Waals surface area contributed by atoms with E-state index >= 15 is 0 Å². The maximum atomic E-state index is 13.7. The van der Waals surface area contributed by atoms with Crippen LogP contribution in [0, 0.1) is 0 Å². The van der Waals surface area contributed by atoms with Gasteiger partial charge in [-0.15, -0.1) is 0 Å². The highest BCUT2D eigenvalue weighted by atomic mass is 19.3. The molecule has 1 aromatic carbocycles. The maximum absolute atomic E-state index is 13.7. The van der Waals surface area contributed by atoms with Gasteiger partial charge in [-0.1, -0.05) is 30.3 Å². The normalized spacial score (nSPS) is 21.3. The molecule has 0 bridgehead atoms. The van der Waals surface area contributed by atoms with Crippen LogP contribution in [0.4, 0.5) is 13.2 Å². The van der Waals surface area contributed by atoms with Gasteiger partial charge in [0, 0.05) is 18.3 Å². The van der Waals surface area contributed by atoms with Crippen molar-refractivity contribution >= 4 is 5.91 Å². The van der Waals surface area contributed by atoms with Gasteiger partial charge in [-0.25, -0.2) is 4.39 Å². The van der Waals surface area contributed by atoms with Crippen molar-refractivity contribution in [3.8, 4) is 11.1 Å². The zero-order valence-electron chi connectivity index (χ0n) is 15.6. The molecule has 0 aliphatic carbocycles. The Bertz CT molecular complexity index is 826. The van der Waals surface area contributed by atoms with Crippen molar-refractivity contribution < 1.29 is 22.7 Å². The molecule has 0 radical (unpaired) electrons. The van der Waals surface area contributed by atoms with E-state index < -0.39 is 36.9 Å². The van der Waals surface area contributed by atoms with E-state index in [1.807, 2.05) is 24.3 Å². The van der Waals surface area contributed by atoms with Crippen molar-refractivity contribution in [2.24, 2.45) is 5.73 Å². The Morgan fingerprint density at radius 2 is 1.86 bits per heavy atom. The van der Waals surface area contributed by atoms with Crippen LogP contribution in [0.25, 0.3) is 11.1 Å². The standard InChI is InChI=1S/C20H22F3N3O2/c1-20(2)26(19(27)18(22)23)16(9-21)17(28-20)13-5-3-12(4-6-13)14-7-8-15(10-24)25-11-14/h3-8,11,16-18H,9-10,24H2,1-2H3/t16?,17-/m1/s1. The molecule has 150 valence electrons. The summed E-state index contributed by atoms with van der Waals surface area (Å²) in [4.78, 5) is 17.0. The Kier molecular flexibility index (Phi) is 5.71. The third-order valence-electron chi connectivity index (χ3n) is 4.87. The Morgan fingerprint density at radius 3 is 2.36 bits per heavy atom. The molecule has 1 amide bonds. The summed E-state index contributed by atoms with van der Waals surface area (Å²) < 4.78 is 45.5. The van der Waals surface area contributed by atoms with E-state index in [0.717, 1.165) is 21.7 Å². The number of carbonyl (C=O) groups is 1. The largest absolute Gasteiger partial charge is 0.346 e. The first-order chi connectivity index (χ1) is 13.3. The molecule has 28 heavy (non-hydrogen) atoms. The lowest BCUT2D eigenvalue weighted by atomic mass is 9.99. The van der Waals surface area contributed by atoms with E-state index in [1.54, 1.807) is 18.3 Å². The molecule has 2 N–H and O–H groups in total. The number of hydrogen-bond donors (Lipinski definition) is 1. The van der Waals surface area contributed by atoms with E-state index in [0.29, 0.717) is 12.1 Å². The molecule has 1 fully saturated rings. The number of ether oxygens (including phenoxy) is 1. The first kappa shape index (κ1) is 20.3. The number of alkyl halides is 3. The average Bonchev–Trinajstić information content (AvgIpc) is 2.97. The fourth-order valence-electron chi connectivity index (χ4n) is 3.54. The van der Waals surface area contributed by atoms with Crippen LogP contribution in [0.3, 0.4) is 0 Å². The number of halogens is 3. The number of hydrogen-bond acceptors (Lipinski definition) is 4. The monoisotopic (exact) mass is 393 g/mol. The molecular formula is C20H22F3N3O2. The molecule has 3 rings (SSSR count). The predicted molar refractivity (Wildman–Crippen MR) is 98.1 cm³/mol. The summed E-state index contributed by atoms with van der Waals surface area (Å²) >= 11 is 0. The summed E-state index contributed by atoms with van der Waals surface area (Å²) in [5.74, 6) is -1.43. The van der Waals surface area contributed by atoms with Crippen LogP contribution in [0.15, 0.2) is 42.6 Å². The number of aromatic nitrogens is 1. The molecule has 1 aliphatic rings. The summed E-state index contributed by atoms with van der Waals surface area (Å²) in [7, 11) is 0. The molecule has 8 heteroatoms. The fourth-order valence-corrected chi connectivity index (χ4v) is 3.54. The van der Waals surface area contributed by atoms with Gasteiger partial charge in [-0.05, 0) is 31.0 Å². The lowest BCUT2D eigenvalue weighted by Crippen LogP contribution is -2.51. The second-order valence-corrected chi connectivity index (χ2v) is 7.08. The molecule has 0 saturated carbocycles. The average molecular weight is 393 g/mol. The van der Waals surface area contributed by atoms with Crippen LogP contribution >= 0.6 is 0 Å². The number of amides is 1. The second kappa shape index (κ2) is 7.89. The van der Waals surface area contributed by atoms with Gasteiger partial charge >= 0.3 is 6.43 Å². The van der Waals surface area contributed by atoms with Crippen LogP contribution in [-0.4, -0.2) is 40.7 Å². The van der Waals surface area contributed by atoms with Crippen LogP contribution < -0.4 is 5.73 Å². The fraction of sp³-hybridized carbons (Fsp3) is 0.400. The lowest BCUT2D eigenvalue weighted by Gasteiger charge is -2.32. The Balaban J connectivity index is 1.87. The Morgan fingerprint density at radius 1 is 1.21 bits per heavy atom. The number of benzene rings is 1. The molecule has 1 aliphatic heterocycles. The van der Waals surface area contributed by atoms with E-state index in [1.165, 1.54) is 13.8 Å². The first-order valence-electron chi connectivity index (χ1n) is 8.89. The van der Waals surface area contributed by atoms with Gasteiger partial charge in [0.2, 0.25) is 0 Å². The second-order valence-electron chi connectivity index (χ2n) is 7.08. The summed E-state index contributed by atoms with van der Waals surface area (Å²) in [6.07, 6.45) is -2.35. The van der Waals surface area contributed by atoms with Gasteiger partial charge in [0.15, 0.2) is 0 Å². The minimum atomic E-state index is -3.22. The molecule has 5 nitrogen and oxygen atoms in total. The minimum Gasteiger partial charge on any atom is -0.346 e. The maximum Gasteiger partial charge on any atom is 0.315 e.